The quantitative estimate of drug-likeness (QED) is 0.389. The molecule has 74 valence electrons. The minimum atomic E-state index is -1.22. The first-order valence-electron chi connectivity index (χ1n) is 3.43. The van der Waals surface area contributed by atoms with E-state index < -0.39 is 24.4 Å². The normalized spacial score (nSPS) is 42.0. The summed E-state index contributed by atoms with van der Waals surface area (Å²) >= 11 is 0. The molecule has 1 aliphatic rings. The third kappa shape index (κ3) is 2.29. The van der Waals surface area contributed by atoms with Gasteiger partial charge < -0.3 is 25.2 Å². The lowest BCUT2D eigenvalue weighted by Crippen LogP contribution is -2.53. The maximum atomic E-state index is 9.11. The molecule has 4 atom stereocenters. The highest BCUT2D eigenvalue weighted by molar-refractivity contribution is 5.85. The second kappa shape index (κ2) is 4.96. The summed E-state index contributed by atoms with van der Waals surface area (Å²) in [6.07, 6.45) is -4.27. The summed E-state index contributed by atoms with van der Waals surface area (Å²) in [5.74, 6) is 0. The molecule has 0 bridgehead atoms. The van der Waals surface area contributed by atoms with Gasteiger partial charge in [0.05, 0.1) is 13.2 Å². The Bertz CT molecular complexity index is 131. The summed E-state index contributed by atoms with van der Waals surface area (Å²) in [6, 6.07) is 0. The van der Waals surface area contributed by atoms with Crippen LogP contribution in [0.1, 0.15) is 0 Å². The van der Waals surface area contributed by atoms with Crippen molar-refractivity contribution >= 4 is 12.4 Å². The van der Waals surface area contributed by atoms with Gasteiger partial charge >= 0.3 is 0 Å². The lowest BCUT2D eigenvalue weighted by Gasteiger charge is -2.34. The molecule has 0 spiro atoms. The highest BCUT2D eigenvalue weighted by Crippen LogP contribution is 2.14. The lowest BCUT2D eigenvalue weighted by molar-refractivity contribution is -0.195. The van der Waals surface area contributed by atoms with E-state index in [1.54, 1.807) is 0 Å². The lowest BCUT2D eigenvalue weighted by atomic mass is 10.0. The molecule has 1 heterocycles. The van der Waals surface area contributed by atoms with Crippen molar-refractivity contribution in [3.8, 4) is 0 Å². The number of ether oxygens (including phenoxy) is 1. The Labute approximate surface area is 76.0 Å². The first-order valence-corrected chi connectivity index (χ1v) is 3.43. The van der Waals surface area contributed by atoms with Gasteiger partial charge in [0.1, 0.15) is 24.4 Å². The molecule has 0 unspecified atom stereocenters. The van der Waals surface area contributed by atoms with E-state index in [0.29, 0.717) is 0 Å². The van der Waals surface area contributed by atoms with Crippen LogP contribution < -0.4 is 0 Å². The van der Waals surface area contributed by atoms with E-state index in [1.807, 2.05) is 0 Å². The van der Waals surface area contributed by atoms with Crippen molar-refractivity contribution in [2.75, 3.05) is 13.2 Å². The SMILES string of the molecule is Cl.OC[C@H]1OC[C@H](O)[C@@H](O)[C@H]1O. The minimum absolute atomic E-state index is 0. The molecule has 5 nitrogen and oxygen atoms in total. The fourth-order valence-electron chi connectivity index (χ4n) is 1.03. The zero-order valence-electron chi connectivity index (χ0n) is 6.33. The summed E-state index contributed by atoms with van der Waals surface area (Å²) in [5, 5.41) is 35.7. The fourth-order valence-corrected chi connectivity index (χ4v) is 1.03. The smallest absolute Gasteiger partial charge is 0.111 e. The molecule has 0 aromatic carbocycles. The van der Waals surface area contributed by atoms with Crippen molar-refractivity contribution in [2.24, 2.45) is 0 Å². The Morgan fingerprint density at radius 3 is 2.25 bits per heavy atom. The summed E-state index contributed by atoms with van der Waals surface area (Å²) in [5.41, 5.74) is 0. The van der Waals surface area contributed by atoms with Crippen LogP contribution in [0.2, 0.25) is 0 Å². The Morgan fingerprint density at radius 2 is 1.75 bits per heavy atom. The Kier molecular flexibility index (Phi) is 5.00. The van der Waals surface area contributed by atoms with Crippen molar-refractivity contribution in [1.29, 1.82) is 0 Å². The van der Waals surface area contributed by atoms with E-state index in [9.17, 15) is 0 Å². The monoisotopic (exact) mass is 200 g/mol. The molecular formula is C6H13ClO5. The van der Waals surface area contributed by atoms with Crippen LogP contribution in [0.5, 0.6) is 0 Å². The molecular weight excluding hydrogens is 188 g/mol. The molecule has 0 amide bonds. The van der Waals surface area contributed by atoms with Crippen LogP contribution in [0, 0.1) is 0 Å². The molecule has 0 aromatic rings. The Morgan fingerprint density at radius 1 is 1.17 bits per heavy atom. The average molecular weight is 201 g/mol. The molecule has 4 N–H and O–H groups in total. The van der Waals surface area contributed by atoms with Gasteiger partial charge in [0.2, 0.25) is 0 Å². The molecule has 0 aliphatic carbocycles. The van der Waals surface area contributed by atoms with Crippen LogP contribution >= 0.6 is 12.4 Å². The zero-order chi connectivity index (χ0) is 8.43. The fraction of sp³-hybridized carbons (Fsp3) is 1.00. The van der Waals surface area contributed by atoms with E-state index in [2.05, 4.69) is 0 Å². The van der Waals surface area contributed by atoms with E-state index in [1.165, 1.54) is 0 Å². The third-order valence-electron chi connectivity index (χ3n) is 1.79. The highest BCUT2D eigenvalue weighted by atomic mass is 35.5. The van der Waals surface area contributed by atoms with Gasteiger partial charge in [-0.1, -0.05) is 0 Å². The molecule has 0 saturated carbocycles. The van der Waals surface area contributed by atoms with E-state index >= 15 is 0 Å². The molecule has 12 heavy (non-hydrogen) atoms. The van der Waals surface area contributed by atoms with Gasteiger partial charge in [0.25, 0.3) is 0 Å². The van der Waals surface area contributed by atoms with E-state index in [-0.39, 0.29) is 25.6 Å². The second-order valence-electron chi connectivity index (χ2n) is 2.60. The van der Waals surface area contributed by atoms with E-state index in [0.717, 1.165) is 0 Å². The number of aliphatic hydroxyl groups excluding tert-OH is 4. The van der Waals surface area contributed by atoms with Crippen LogP contribution in [-0.2, 0) is 4.74 Å². The molecule has 1 saturated heterocycles. The van der Waals surface area contributed by atoms with Gasteiger partial charge in [0.15, 0.2) is 0 Å². The molecule has 1 aliphatic heterocycles. The largest absolute Gasteiger partial charge is 0.394 e. The number of halogens is 1. The first-order chi connectivity index (χ1) is 5.16. The van der Waals surface area contributed by atoms with Gasteiger partial charge in [-0.3, -0.25) is 0 Å². The van der Waals surface area contributed by atoms with Crippen molar-refractivity contribution < 1.29 is 25.2 Å². The molecule has 6 heteroatoms. The third-order valence-corrected chi connectivity index (χ3v) is 1.79. The summed E-state index contributed by atoms with van der Waals surface area (Å²) in [7, 11) is 0. The number of hydrogen-bond donors (Lipinski definition) is 4. The van der Waals surface area contributed by atoms with Crippen LogP contribution in [0.3, 0.4) is 0 Å². The summed E-state index contributed by atoms with van der Waals surface area (Å²) in [4.78, 5) is 0. The Hall–Kier alpha value is 0.0900. The van der Waals surface area contributed by atoms with Crippen molar-refractivity contribution in [2.45, 2.75) is 24.4 Å². The number of hydrogen-bond acceptors (Lipinski definition) is 5. The molecule has 1 fully saturated rings. The molecule has 0 radical (unpaired) electrons. The van der Waals surface area contributed by atoms with Gasteiger partial charge in [-0.25, -0.2) is 0 Å². The summed E-state index contributed by atoms with van der Waals surface area (Å²) < 4.78 is 4.81. The topological polar surface area (TPSA) is 90.2 Å². The predicted octanol–water partition coefficient (Wildman–Crippen LogP) is -2.12. The van der Waals surface area contributed by atoms with Crippen LogP contribution in [0.4, 0.5) is 0 Å². The van der Waals surface area contributed by atoms with Gasteiger partial charge in [-0.15, -0.1) is 12.4 Å². The van der Waals surface area contributed by atoms with Gasteiger partial charge in [-0.05, 0) is 0 Å². The molecule has 1 rings (SSSR count). The average Bonchev–Trinajstić information content (AvgIpc) is 2.01. The first kappa shape index (κ1) is 12.1. The Balaban J connectivity index is 0.00000121. The van der Waals surface area contributed by atoms with E-state index in [4.69, 9.17) is 25.2 Å². The molecule has 0 aromatic heterocycles. The van der Waals surface area contributed by atoms with Gasteiger partial charge in [0, 0.05) is 0 Å². The zero-order valence-corrected chi connectivity index (χ0v) is 7.15. The maximum absolute atomic E-state index is 9.11. The predicted molar refractivity (Wildman–Crippen MR) is 42.1 cm³/mol. The summed E-state index contributed by atoms with van der Waals surface area (Å²) in [6.45, 7) is -0.408. The van der Waals surface area contributed by atoms with Crippen molar-refractivity contribution in [3.05, 3.63) is 0 Å². The standard InChI is InChI=1S/C6H12O5.ClH/c7-1-4-6(10)5(9)3(8)2-11-4;/h3-10H,1-2H2;1H/t3-,4+,5+,6-;/m0./s1. The van der Waals surface area contributed by atoms with Crippen molar-refractivity contribution in [1.82, 2.24) is 0 Å². The van der Waals surface area contributed by atoms with Crippen LogP contribution in [0.25, 0.3) is 0 Å². The number of rotatable bonds is 1. The number of aliphatic hydroxyl groups is 4. The maximum Gasteiger partial charge on any atom is 0.111 e. The van der Waals surface area contributed by atoms with Crippen LogP contribution in [0.15, 0.2) is 0 Å². The second-order valence-corrected chi connectivity index (χ2v) is 2.60. The highest BCUT2D eigenvalue weighted by Gasteiger charge is 2.36. The van der Waals surface area contributed by atoms with Crippen molar-refractivity contribution in [3.63, 3.8) is 0 Å². The van der Waals surface area contributed by atoms with Crippen LogP contribution in [-0.4, -0.2) is 58.1 Å². The minimum Gasteiger partial charge on any atom is -0.394 e. The van der Waals surface area contributed by atoms with Gasteiger partial charge in [-0.2, -0.15) is 0 Å².